The van der Waals surface area contributed by atoms with Crippen LogP contribution in [0.4, 0.5) is 4.39 Å². The van der Waals surface area contributed by atoms with Crippen molar-refractivity contribution in [1.29, 1.82) is 0 Å². The first-order valence-electron chi connectivity index (χ1n) is 11.7. The SMILES string of the molecule is C[C@@]1(C(=O)NCc2ccc(F)cc2)Cn2cnc(C(=O)NCc3ccccc3Cl)c2C(=O)N1C1CC1. The minimum Gasteiger partial charge on any atom is -0.350 e. The summed E-state index contributed by atoms with van der Waals surface area (Å²) in [5.74, 6) is -1.56. The highest BCUT2D eigenvalue weighted by atomic mass is 35.5. The van der Waals surface area contributed by atoms with E-state index in [0.717, 1.165) is 24.0 Å². The second-order valence-electron chi connectivity index (χ2n) is 9.33. The quantitative estimate of drug-likeness (QED) is 0.511. The molecule has 5 rings (SSSR count). The largest absolute Gasteiger partial charge is 0.350 e. The van der Waals surface area contributed by atoms with Crippen molar-refractivity contribution in [3.05, 3.63) is 88.2 Å². The molecule has 10 heteroatoms. The topological polar surface area (TPSA) is 96.3 Å². The minimum absolute atomic E-state index is 0.0199. The molecule has 0 spiro atoms. The summed E-state index contributed by atoms with van der Waals surface area (Å²) in [5.41, 5.74) is 0.511. The van der Waals surface area contributed by atoms with Crippen molar-refractivity contribution in [2.24, 2.45) is 0 Å². The number of hydrogen-bond acceptors (Lipinski definition) is 4. The highest BCUT2D eigenvalue weighted by molar-refractivity contribution is 6.31. The first-order chi connectivity index (χ1) is 17.3. The van der Waals surface area contributed by atoms with Crippen molar-refractivity contribution in [2.45, 2.75) is 51.0 Å². The summed E-state index contributed by atoms with van der Waals surface area (Å²) < 4.78 is 14.8. The van der Waals surface area contributed by atoms with Crippen molar-refractivity contribution < 1.29 is 18.8 Å². The maximum Gasteiger partial charge on any atom is 0.274 e. The predicted octanol–water partition coefficient (Wildman–Crippen LogP) is 3.30. The van der Waals surface area contributed by atoms with E-state index in [4.69, 9.17) is 11.6 Å². The fraction of sp³-hybridized carbons (Fsp3) is 0.308. The zero-order chi connectivity index (χ0) is 25.4. The smallest absolute Gasteiger partial charge is 0.274 e. The van der Waals surface area contributed by atoms with Gasteiger partial charge in [-0.1, -0.05) is 41.9 Å². The van der Waals surface area contributed by atoms with E-state index in [1.54, 1.807) is 46.7 Å². The molecule has 1 atom stereocenters. The van der Waals surface area contributed by atoms with Crippen molar-refractivity contribution >= 4 is 29.3 Å². The van der Waals surface area contributed by atoms with E-state index in [1.165, 1.54) is 18.5 Å². The zero-order valence-corrected chi connectivity index (χ0v) is 20.4. The van der Waals surface area contributed by atoms with E-state index < -0.39 is 17.4 Å². The van der Waals surface area contributed by atoms with Crippen LogP contribution < -0.4 is 10.6 Å². The minimum atomic E-state index is -1.17. The number of rotatable bonds is 7. The molecular formula is C26H25ClFN5O3. The van der Waals surface area contributed by atoms with E-state index in [9.17, 15) is 18.8 Å². The van der Waals surface area contributed by atoms with Crippen molar-refractivity contribution in [3.8, 4) is 0 Å². The number of hydrogen-bond donors (Lipinski definition) is 2. The third kappa shape index (κ3) is 4.46. The number of carbonyl (C=O) groups excluding carboxylic acids is 3. The number of carbonyl (C=O) groups is 3. The first kappa shape index (κ1) is 24.0. The van der Waals surface area contributed by atoms with Crippen molar-refractivity contribution in [2.75, 3.05) is 0 Å². The van der Waals surface area contributed by atoms with Gasteiger partial charge in [-0.15, -0.1) is 0 Å². The predicted molar refractivity (Wildman–Crippen MR) is 131 cm³/mol. The van der Waals surface area contributed by atoms with E-state index in [2.05, 4.69) is 15.6 Å². The van der Waals surface area contributed by atoms with Gasteiger partial charge < -0.3 is 20.1 Å². The van der Waals surface area contributed by atoms with Crippen molar-refractivity contribution in [3.63, 3.8) is 0 Å². The number of amides is 3. The molecule has 1 saturated carbocycles. The lowest BCUT2D eigenvalue weighted by molar-refractivity contribution is -0.133. The second-order valence-corrected chi connectivity index (χ2v) is 9.74. The van der Waals surface area contributed by atoms with Gasteiger partial charge in [0, 0.05) is 24.2 Å². The van der Waals surface area contributed by atoms with Gasteiger partial charge in [-0.3, -0.25) is 14.4 Å². The molecule has 2 heterocycles. The van der Waals surface area contributed by atoms with Crippen LogP contribution in [0, 0.1) is 5.82 Å². The summed E-state index contributed by atoms with van der Waals surface area (Å²) in [6, 6.07) is 13.0. The molecule has 0 saturated heterocycles. The lowest BCUT2D eigenvalue weighted by Gasteiger charge is -2.44. The fourth-order valence-electron chi connectivity index (χ4n) is 4.60. The highest BCUT2D eigenvalue weighted by Gasteiger charge is 2.53. The molecular weight excluding hydrogens is 485 g/mol. The Bertz CT molecular complexity index is 1340. The van der Waals surface area contributed by atoms with Crippen LogP contribution in [0.5, 0.6) is 0 Å². The molecule has 2 aromatic carbocycles. The molecule has 36 heavy (non-hydrogen) atoms. The van der Waals surface area contributed by atoms with E-state index in [0.29, 0.717) is 5.02 Å². The lowest BCUT2D eigenvalue weighted by Crippen LogP contribution is -2.64. The third-order valence-corrected chi connectivity index (χ3v) is 7.02. The van der Waals surface area contributed by atoms with Gasteiger partial charge in [-0.2, -0.15) is 0 Å². The fourth-order valence-corrected chi connectivity index (χ4v) is 4.80. The molecule has 1 fully saturated rings. The second kappa shape index (κ2) is 9.39. The molecule has 0 radical (unpaired) electrons. The van der Waals surface area contributed by atoms with Gasteiger partial charge in [-0.05, 0) is 49.1 Å². The van der Waals surface area contributed by atoms with Crippen LogP contribution in [0.25, 0.3) is 0 Å². The average molecular weight is 510 g/mol. The van der Waals surface area contributed by atoms with Gasteiger partial charge in [-0.25, -0.2) is 9.37 Å². The van der Waals surface area contributed by atoms with Crippen LogP contribution in [0.2, 0.25) is 5.02 Å². The van der Waals surface area contributed by atoms with Crippen LogP contribution in [-0.2, 0) is 24.4 Å². The molecule has 0 unspecified atom stereocenters. The monoisotopic (exact) mass is 509 g/mol. The Morgan fingerprint density at radius 1 is 1.11 bits per heavy atom. The molecule has 3 amide bonds. The zero-order valence-electron chi connectivity index (χ0n) is 19.6. The van der Waals surface area contributed by atoms with Gasteiger partial charge in [0.2, 0.25) is 5.91 Å². The van der Waals surface area contributed by atoms with Crippen LogP contribution in [0.1, 0.15) is 51.9 Å². The number of imidazole rings is 1. The van der Waals surface area contributed by atoms with Gasteiger partial charge >= 0.3 is 0 Å². The lowest BCUT2D eigenvalue weighted by atomic mass is 9.93. The molecule has 0 bridgehead atoms. The molecule has 2 N–H and O–H groups in total. The Hall–Kier alpha value is -3.72. The van der Waals surface area contributed by atoms with Gasteiger partial charge in [0.15, 0.2) is 5.69 Å². The maximum absolute atomic E-state index is 13.7. The van der Waals surface area contributed by atoms with Crippen LogP contribution >= 0.6 is 11.6 Å². The Balaban J connectivity index is 1.36. The molecule has 2 aliphatic rings. The maximum atomic E-state index is 13.7. The summed E-state index contributed by atoms with van der Waals surface area (Å²) in [6.07, 6.45) is 3.00. The Morgan fingerprint density at radius 2 is 1.83 bits per heavy atom. The number of halogens is 2. The molecule has 1 aliphatic carbocycles. The Kier molecular flexibility index (Phi) is 6.26. The summed E-state index contributed by atoms with van der Waals surface area (Å²) >= 11 is 6.18. The van der Waals surface area contributed by atoms with Crippen LogP contribution in [0.15, 0.2) is 54.9 Å². The highest BCUT2D eigenvalue weighted by Crippen LogP contribution is 2.38. The van der Waals surface area contributed by atoms with E-state index >= 15 is 0 Å². The number of nitrogens with zero attached hydrogens (tertiary/aromatic N) is 3. The van der Waals surface area contributed by atoms with E-state index in [1.807, 2.05) is 6.07 Å². The summed E-state index contributed by atoms with van der Waals surface area (Å²) in [4.78, 5) is 45.9. The average Bonchev–Trinajstić information content (AvgIpc) is 3.60. The number of aromatic nitrogens is 2. The standard InChI is InChI=1S/C26H25ClFN5O3/c1-26(25(36)30-12-16-6-8-18(28)9-7-16)14-32-15-31-21(22(32)24(35)33(26)19-10-11-19)23(34)29-13-17-4-2-3-5-20(17)27/h2-9,15,19H,10-14H2,1H3,(H,29,34)(H,30,36)/t26-/m0/s1. The molecule has 1 aliphatic heterocycles. The van der Waals surface area contributed by atoms with Gasteiger partial charge in [0.1, 0.15) is 17.1 Å². The molecule has 8 nitrogen and oxygen atoms in total. The van der Waals surface area contributed by atoms with Crippen LogP contribution in [-0.4, -0.2) is 43.8 Å². The summed E-state index contributed by atoms with van der Waals surface area (Å²) in [6.45, 7) is 2.27. The molecule has 1 aromatic heterocycles. The molecule has 186 valence electrons. The van der Waals surface area contributed by atoms with Gasteiger partial charge in [0.25, 0.3) is 11.8 Å². The van der Waals surface area contributed by atoms with Crippen LogP contribution in [0.3, 0.4) is 0 Å². The van der Waals surface area contributed by atoms with E-state index in [-0.39, 0.29) is 48.8 Å². The Labute approximate surface area is 212 Å². The third-order valence-electron chi connectivity index (χ3n) is 6.65. The van der Waals surface area contributed by atoms with Gasteiger partial charge in [0.05, 0.1) is 12.9 Å². The summed E-state index contributed by atoms with van der Waals surface area (Å²) in [5, 5.41) is 6.20. The molecule has 3 aromatic rings. The van der Waals surface area contributed by atoms with Crippen molar-refractivity contribution in [1.82, 2.24) is 25.1 Å². The first-order valence-corrected chi connectivity index (χ1v) is 12.1. The Morgan fingerprint density at radius 3 is 2.53 bits per heavy atom. The summed E-state index contributed by atoms with van der Waals surface area (Å²) in [7, 11) is 0. The number of fused-ring (bicyclic) bond motifs is 1. The normalized spacial score (nSPS) is 19.1. The number of nitrogens with one attached hydrogen (secondary N) is 2. The number of benzene rings is 2.